The maximum absolute atomic E-state index is 11.8. The number of nitrogens with two attached hydrogens (primary N) is 1. The van der Waals surface area contributed by atoms with Crippen LogP contribution in [-0.4, -0.2) is 5.91 Å². The molecule has 0 saturated carbocycles. The Morgan fingerprint density at radius 3 is 2.75 bits per heavy atom. The third kappa shape index (κ3) is 2.06. The summed E-state index contributed by atoms with van der Waals surface area (Å²) in [6.45, 7) is 1.79. The van der Waals surface area contributed by atoms with Crippen LogP contribution in [0, 0.1) is 6.92 Å². The first-order chi connectivity index (χ1) is 7.66. The molecule has 4 nitrogen and oxygen atoms in total. The van der Waals surface area contributed by atoms with Gasteiger partial charge in [0.1, 0.15) is 12.0 Å². The predicted molar refractivity (Wildman–Crippen MR) is 62.3 cm³/mol. The number of aryl methyl sites for hydroxylation is 1. The van der Waals surface area contributed by atoms with Crippen LogP contribution in [-0.2, 0) is 0 Å². The average molecular weight is 216 g/mol. The van der Waals surface area contributed by atoms with E-state index in [1.54, 1.807) is 25.1 Å². The van der Waals surface area contributed by atoms with Crippen molar-refractivity contribution >= 4 is 17.3 Å². The Bertz CT molecular complexity index is 517. The van der Waals surface area contributed by atoms with E-state index in [4.69, 9.17) is 10.2 Å². The van der Waals surface area contributed by atoms with Crippen molar-refractivity contribution in [1.29, 1.82) is 0 Å². The minimum Gasteiger partial charge on any atom is -0.469 e. The molecule has 2 rings (SSSR count). The van der Waals surface area contributed by atoms with E-state index in [9.17, 15) is 4.79 Å². The van der Waals surface area contributed by atoms with Crippen molar-refractivity contribution < 1.29 is 9.21 Å². The van der Waals surface area contributed by atoms with E-state index in [2.05, 4.69) is 5.32 Å². The molecule has 1 amide bonds. The number of hydrogen-bond acceptors (Lipinski definition) is 3. The molecule has 1 aromatic carbocycles. The summed E-state index contributed by atoms with van der Waals surface area (Å²) in [5, 5.41) is 2.72. The highest BCUT2D eigenvalue weighted by molar-refractivity contribution is 6.05. The summed E-state index contributed by atoms with van der Waals surface area (Å²) >= 11 is 0. The summed E-state index contributed by atoms with van der Waals surface area (Å²) in [6, 6.07) is 8.78. The molecule has 0 bridgehead atoms. The number of nitrogen functional groups attached to an aromatic ring is 1. The summed E-state index contributed by atoms with van der Waals surface area (Å²) in [5.41, 5.74) is 7.34. The molecule has 0 saturated heterocycles. The van der Waals surface area contributed by atoms with Crippen molar-refractivity contribution in [3.8, 4) is 0 Å². The number of para-hydroxylation sites is 2. The second-order valence-electron chi connectivity index (χ2n) is 3.49. The minimum absolute atomic E-state index is 0.227. The second-order valence-corrected chi connectivity index (χ2v) is 3.49. The fourth-order valence-electron chi connectivity index (χ4n) is 1.37. The molecule has 0 fully saturated rings. The van der Waals surface area contributed by atoms with E-state index in [0.717, 1.165) is 0 Å². The molecule has 0 aliphatic carbocycles. The van der Waals surface area contributed by atoms with E-state index in [1.807, 2.05) is 12.1 Å². The first-order valence-electron chi connectivity index (χ1n) is 4.88. The molecule has 0 spiro atoms. The van der Waals surface area contributed by atoms with E-state index in [0.29, 0.717) is 22.7 Å². The van der Waals surface area contributed by atoms with Crippen LogP contribution in [0.2, 0.25) is 0 Å². The van der Waals surface area contributed by atoms with Crippen LogP contribution in [0.25, 0.3) is 0 Å². The SMILES string of the molecule is Cc1cc(C(=O)Nc2ccccc2N)co1. The third-order valence-electron chi connectivity index (χ3n) is 2.20. The van der Waals surface area contributed by atoms with Gasteiger partial charge in [0.2, 0.25) is 0 Å². The number of nitrogens with one attached hydrogen (secondary N) is 1. The van der Waals surface area contributed by atoms with E-state index < -0.39 is 0 Å². The van der Waals surface area contributed by atoms with Gasteiger partial charge in [-0.2, -0.15) is 0 Å². The van der Waals surface area contributed by atoms with Gasteiger partial charge in [0.25, 0.3) is 5.91 Å². The molecule has 2 aromatic rings. The zero-order chi connectivity index (χ0) is 11.5. The van der Waals surface area contributed by atoms with Crippen LogP contribution >= 0.6 is 0 Å². The fraction of sp³-hybridized carbons (Fsp3) is 0.0833. The van der Waals surface area contributed by atoms with Gasteiger partial charge in [0.05, 0.1) is 16.9 Å². The fourth-order valence-corrected chi connectivity index (χ4v) is 1.37. The van der Waals surface area contributed by atoms with Gasteiger partial charge >= 0.3 is 0 Å². The van der Waals surface area contributed by atoms with Crippen LogP contribution in [0.5, 0.6) is 0 Å². The monoisotopic (exact) mass is 216 g/mol. The largest absolute Gasteiger partial charge is 0.469 e. The van der Waals surface area contributed by atoms with Crippen LogP contribution in [0.3, 0.4) is 0 Å². The normalized spacial score (nSPS) is 10.1. The maximum atomic E-state index is 11.8. The first-order valence-corrected chi connectivity index (χ1v) is 4.88. The molecule has 0 unspecified atom stereocenters. The highest BCUT2D eigenvalue weighted by Crippen LogP contribution is 2.18. The average Bonchev–Trinajstić information content (AvgIpc) is 2.68. The van der Waals surface area contributed by atoms with E-state index >= 15 is 0 Å². The van der Waals surface area contributed by atoms with Crippen molar-refractivity contribution in [3.05, 3.63) is 47.9 Å². The second kappa shape index (κ2) is 4.10. The highest BCUT2D eigenvalue weighted by Gasteiger charge is 2.09. The minimum atomic E-state index is -0.227. The molecule has 0 aliphatic heterocycles. The van der Waals surface area contributed by atoms with Crippen molar-refractivity contribution in [2.75, 3.05) is 11.1 Å². The molecule has 0 atom stereocenters. The number of carbonyl (C=O) groups excluding carboxylic acids is 1. The molecule has 3 N–H and O–H groups in total. The van der Waals surface area contributed by atoms with E-state index in [1.165, 1.54) is 6.26 Å². The van der Waals surface area contributed by atoms with Gasteiger partial charge in [-0.05, 0) is 25.1 Å². The Balaban J connectivity index is 2.17. The Morgan fingerprint density at radius 2 is 2.12 bits per heavy atom. The highest BCUT2D eigenvalue weighted by atomic mass is 16.3. The van der Waals surface area contributed by atoms with Gasteiger partial charge in [0.15, 0.2) is 0 Å². The lowest BCUT2D eigenvalue weighted by atomic mass is 10.2. The summed E-state index contributed by atoms with van der Waals surface area (Å²) in [7, 11) is 0. The van der Waals surface area contributed by atoms with Crippen LogP contribution in [0.4, 0.5) is 11.4 Å². The molecule has 16 heavy (non-hydrogen) atoms. The lowest BCUT2D eigenvalue weighted by molar-refractivity contribution is 0.102. The molecule has 1 heterocycles. The maximum Gasteiger partial charge on any atom is 0.258 e. The van der Waals surface area contributed by atoms with Gasteiger partial charge in [-0.1, -0.05) is 12.1 Å². The number of amides is 1. The number of rotatable bonds is 2. The molecule has 82 valence electrons. The molecule has 0 radical (unpaired) electrons. The quantitative estimate of drug-likeness (QED) is 0.757. The Hall–Kier alpha value is -2.23. The zero-order valence-corrected chi connectivity index (χ0v) is 8.86. The van der Waals surface area contributed by atoms with Crippen molar-refractivity contribution in [3.63, 3.8) is 0 Å². The lowest BCUT2D eigenvalue weighted by Gasteiger charge is -2.05. The van der Waals surface area contributed by atoms with Crippen LogP contribution in [0.1, 0.15) is 16.1 Å². The number of benzene rings is 1. The third-order valence-corrected chi connectivity index (χ3v) is 2.20. The van der Waals surface area contributed by atoms with Gasteiger partial charge < -0.3 is 15.5 Å². The van der Waals surface area contributed by atoms with Crippen LogP contribution < -0.4 is 11.1 Å². The van der Waals surface area contributed by atoms with Crippen LogP contribution in [0.15, 0.2) is 41.0 Å². The molecular formula is C12H12N2O2. The number of carbonyl (C=O) groups is 1. The smallest absolute Gasteiger partial charge is 0.258 e. The van der Waals surface area contributed by atoms with Gasteiger partial charge in [-0.3, -0.25) is 4.79 Å². The predicted octanol–water partition coefficient (Wildman–Crippen LogP) is 2.42. The Kier molecular flexibility index (Phi) is 2.64. The van der Waals surface area contributed by atoms with Gasteiger partial charge in [-0.15, -0.1) is 0 Å². The van der Waals surface area contributed by atoms with Crippen molar-refractivity contribution in [1.82, 2.24) is 0 Å². The Labute approximate surface area is 93.1 Å². The molecule has 0 aliphatic rings. The summed E-state index contributed by atoms with van der Waals surface area (Å²) in [6.07, 6.45) is 1.42. The van der Waals surface area contributed by atoms with Crippen molar-refractivity contribution in [2.45, 2.75) is 6.92 Å². The first kappa shape index (κ1) is 10.3. The number of hydrogen-bond donors (Lipinski definition) is 2. The molecule has 1 aromatic heterocycles. The van der Waals surface area contributed by atoms with Gasteiger partial charge in [0, 0.05) is 0 Å². The zero-order valence-electron chi connectivity index (χ0n) is 8.86. The molecular weight excluding hydrogens is 204 g/mol. The lowest BCUT2D eigenvalue weighted by Crippen LogP contribution is -2.12. The topological polar surface area (TPSA) is 68.3 Å². The summed E-state index contributed by atoms with van der Waals surface area (Å²) in [5.74, 6) is 0.473. The van der Waals surface area contributed by atoms with E-state index in [-0.39, 0.29) is 5.91 Å². The standard InChI is InChI=1S/C12H12N2O2/c1-8-6-9(7-16-8)12(15)14-11-5-3-2-4-10(11)13/h2-7H,13H2,1H3,(H,14,15). The number of furan rings is 1. The molecule has 4 heteroatoms. The number of anilines is 2. The summed E-state index contributed by atoms with van der Waals surface area (Å²) in [4.78, 5) is 11.8. The summed E-state index contributed by atoms with van der Waals surface area (Å²) < 4.78 is 5.06. The van der Waals surface area contributed by atoms with Gasteiger partial charge in [-0.25, -0.2) is 0 Å². The van der Waals surface area contributed by atoms with Crippen molar-refractivity contribution in [2.24, 2.45) is 0 Å². The Morgan fingerprint density at radius 1 is 1.38 bits per heavy atom.